The number of anilines is 1. The van der Waals surface area contributed by atoms with Gasteiger partial charge in [-0.3, -0.25) is 4.79 Å². The number of carbonyl (C=O) groups is 2. The Labute approximate surface area is 166 Å². The maximum absolute atomic E-state index is 12.8. The number of carboxylic acid groups (broad SMARTS) is 1. The highest BCUT2D eigenvalue weighted by Crippen LogP contribution is 2.31. The number of carbonyl (C=O) groups excluding carboxylic acids is 2. The fourth-order valence-corrected chi connectivity index (χ4v) is 5.62. The Bertz CT molecular complexity index is 798. The zero-order valence-electron chi connectivity index (χ0n) is 15.9. The van der Waals surface area contributed by atoms with Crippen molar-refractivity contribution in [3.05, 3.63) is 24.3 Å². The van der Waals surface area contributed by atoms with Crippen LogP contribution in [0.2, 0.25) is 0 Å². The molecule has 1 N–H and O–H groups in total. The van der Waals surface area contributed by atoms with Crippen LogP contribution in [0.5, 0.6) is 0 Å². The Morgan fingerprint density at radius 2 is 1.46 bits per heavy atom. The Morgan fingerprint density at radius 1 is 0.893 bits per heavy atom. The minimum Gasteiger partial charge on any atom is -0.550 e. The normalized spacial score (nSPS) is 24.3. The summed E-state index contributed by atoms with van der Waals surface area (Å²) < 4.78 is 27.1. The molecule has 1 saturated heterocycles. The highest BCUT2D eigenvalue weighted by Gasteiger charge is 2.32. The molecule has 154 valence electrons. The highest BCUT2D eigenvalue weighted by atomic mass is 32.2. The Kier molecular flexibility index (Phi) is 6.72. The second-order valence-corrected chi connectivity index (χ2v) is 9.59. The van der Waals surface area contributed by atoms with Crippen LogP contribution < -0.4 is 10.4 Å². The number of rotatable bonds is 5. The summed E-state index contributed by atoms with van der Waals surface area (Å²) >= 11 is 0. The molecule has 2 fully saturated rings. The van der Waals surface area contributed by atoms with Crippen molar-refractivity contribution in [3.63, 3.8) is 0 Å². The molecule has 0 spiro atoms. The standard InChI is InChI=1S/C20H28N2O5S/c23-19(17-7-3-4-8-18(17)20(24)25)21-15-9-11-16(12-10-15)28(26,27)22-13-5-1-2-6-14-22/h9-12,17-18H,1-8,13-14H2,(H,21,23)(H,24,25)/p-1/t17-,18-/m0/s1. The van der Waals surface area contributed by atoms with Gasteiger partial charge < -0.3 is 15.2 Å². The quantitative estimate of drug-likeness (QED) is 0.800. The van der Waals surface area contributed by atoms with Gasteiger partial charge in [-0.1, -0.05) is 25.7 Å². The molecule has 1 aromatic carbocycles. The maximum atomic E-state index is 12.8. The summed E-state index contributed by atoms with van der Waals surface area (Å²) in [6.45, 7) is 1.07. The number of sulfonamides is 1. The summed E-state index contributed by atoms with van der Waals surface area (Å²) in [7, 11) is -3.54. The lowest BCUT2D eigenvalue weighted by atomic mass is 9.78. The van der Waals surface area contributed by atoms with Crippen LogP contribution in [0.3, 0.4) is 0 Å². The SMILES string of the molecule is O=C([O-])[C@H]1CCCC[C@@H]1C(=O)Nc1ccc(S(=O)(=O)N2CCCCCC2)cc1. The molecule has 1 amide bonds. The summed E-state index contributed by atoms with van der Waals surface area (Å²) in [4.78, 5) is 24.0. The summed E-state index contributed by atoms with van der Waals surface area (Å²) in [5, 5.41) is 14.0. The molecule has 1 aliphatic carbocycles. The van der Waals surface area contributed by atoms with Gasteiger partial charge in [-0.25, -0.2) is 8.42 Å². The smallest absolute Gasteiger partial charge is 0.243 e. The number of nitrogens with zero attached hydrogens (tertiary/aromatic N) is 1. The van der Waals surface area contributed by atoms with Gasteiger partial charge in [0.05, 0.1) is 4.90 Å². The summed E-state index contributed by atoms with van der Waals surface area (Å²) in [5.74, 6) is -2.91. The van der Waals surface area contributed by atoms with E-state index in [1.807, 2.05) is 0 Å². The van der Waals surface area contributed by atoms with Crippen molar-refractivity contribution in [2.75, 3.05) is 18.4 Å². The molecule has 0 aromatic heterocycles. The summed E-state index contributed by atoms with van der Waals surface area (Å²) in [6.07, 6.45) is 6.40. The van der Waals surface area contributed by atoms with E-state index >= 15 is 0 Å². The first-order valence-corrected chi connectivity index (χ1v) is 11.5. The number of hydrogen-bond acceptors (Lipinski definition) is 5. The van der Waals surface area contributed by atoms with E-state index < -0.39 is 27.8 Å². The minimum absolute atomic E-state index is 0.206. The van der Waals surface area contributed by atoms with Gasteiger partial charge in [0.25, 0.3) is 0 Å². The third kappa shape index (κ3) is 4.72. The fourth-order valence-electron chi connectivity index (χ4n) is 4.10. The van der Waals surface area contributed by atoms with Gasteiger partial charge in [-0.05, 0) is 49.9 Å². The Hall–Kier alpha value is -1.93. The summed E-state index contributed by atoms with van der Waals surface area (Å²) in [6, 6.07) is 6.10. The largest absolute Gasteiger partial charge is 0.550 e. The molecular weight excluding hydrogens is 380 g/mol. The lowest BCUT2D eigenvalue weighted by Crippen LogP contribution is -2.42. The molecule has 1 saturated carbocycles. The van der Waals surface area contributed by atoms with Crippen molar-refractivity contribution in [1.29, 1.82) is 0 Å². The monoisotopic (exact) mass is 407 g/mol. The van der Waals surface area contributed by atoms with Gasteiger partial charge in [0, 0.05) is 36.6 Å². The molecule has 2 atom stereocenters. The number of aliphatic carboxylic acids is 1. The van der Waals surface area contributed by atoms with Crippen LogP contribution in [0.15, 0.2) is 29.2 Å². The predicted octanol–water partition coefficient (Wildman–Crippen LogP) is 1.75. The van der Waals surface area contributed by atoms with E-state index in [-0.39, 0.29) is 10.8 Å². The van der Waals surface area contributed by atoms with Crippen molar-refractivity contribution in [2.24, 2.45) is 11.8 Å². The fraction of sp³-hybridized carbons (Fsp3) is 0.600. The number of nitrogens with one attached hydrogen (secondary N) is 1. The molecule has 1 aliphatic heterocycles. The minimum atomic E-state index is -3.54. The van der Waals surface area contributed by atoms with Crippen LogP contribution in [0, 0.1) is 11.8 Å². The highest BCUT2D eigenvalue weighted by molar-refractivity contribution is 7.89. The van der Waals surface area contributed by atoms with Crippen molar-refractivity contribution in [3.8, 4) is 0 Å². The lowest BCUT2D eigenvalue weighted by molar-refractivity contribution is -0.313. The first-order chi connectivity index (χ1) is 13.4. The first-order valence-electron chi connectivity index (χ1n) is 10.0. The average molecular weight is 408 g/mol. The molecule has 0 radical (unpaired) electrons. The Balaban J connectivity index is 1.68. The second kappa shape index (κ2) is 9.05. The molecule has 2 aliphatic rings. The number of hydrogen-bond donors (Lipinski definition) is 1. The molecule has 0 unspecified atom stereocenters. The van der Waals surface area contributed by atoms with E-state index in [9.17, 15) is 23.1 Å². The van der Waals surface area contributed by atoms with Gasteiger partial charge in [0.15, 0.2) is 0 Å². The molecule has 0 bridgehead atoms. The molecule has 28 heavy (non-hydrogen) atoms. The van der Waals surface area contributed by atoms with Crippen molar-refractivity contribution in [1.82, 2.24) is 4.31 Å². The van der Waals surface area contributed by atoms with Gasteiger partial charge in [-0.2, -0.15) is 4.31 Å². The van der Waals surface area contributed by atoms with Gasteiger partial charge >= 0.3 is 0 Å². The van der Waals surface area contributed by atoms with E-state index in [0.717, 1.165) is 38.5 Å². The molecule has 1 aromatic rings. The van der Waals surface area contributed by atoms with Crippen molar-refractivity contribution < 1.29 is 23.1 Å². The molecule has 3 rings (SSSR count). The third-order valence-electron chi connectivity index (χ3n) is 5.73. The molecule has 1 heterocycles. The van der Waals surface area contributed by atoms with Gasteiger partial charge in [-0.15, -0.1) is 0 Å². The van der Waals surface area contributed by atoms with Crippen LogP contribution >= 0.6 is 0 Å². The second-order valence-electron chi connectivity index (χ2n) is 7.65. The van der Waals surface area contributed by atoms with Crippen LogP contribution in [0.4, 0.5) is 5.69 Å². The van der Waals surface area contributed by atoms with E-state index in [1.165, 1.54) is 16.4 Å². The van der Waals surface area contributed by atoms with Crippen LogP contribution in [0.25, 0.3) is 0 Å². The van der Waals surface area contributed by atoms with Crippen LogP contribution in [-0.4, -0.2) is 37.7 Å². The molecule has 7 nitrogen and oxygen atoms in total. The number of amides is 1. The Morgan fingerprint density at radius 3 is 2.04 bits per heavy atom. The van der Waals surface area contributed by atoms with Crippen molar-refractivity contribution >= 4 is 27.6 Å². The number of carboxylic acids is 1. The third-order valence-corrected chi connectivity index (χ3v) is 7.64. The predicted molar refractivity (Wildman–Crippen MR) is 103 cm³/mol. The van der Waals surface area contributed by atoms with Crippen LogP contribution in [-0.2, 0) is 19.6 Å². The first kappa shape index (κ1) is 20.8. The van der Waals surface area contributed by atoms with Gasteiger partial charge in [0.2, 0.25) is 15.9 Å². The zero-order valence-corrected chi connectivity index (χ0v) is 16.7. The zero-order chi connectivity index (χ0) is 20.1. The average Bonchev–Trinajstić information content (AvgIpc) is 2.98. The van der Waals surface area contributed by atoms with E-state index in [1.54, 1.807) is 12.1 Å². The van der Waals surface area contributed by atoms with E-state index in [0.29, 0.717) is 31.6 Å². The molecular formula is C20H27N2O5S-. The maximum Gasteiger partial charge on any atom is 0.243 e. The lowest BCUT2D eigenvalue weighted by Gasteiger charge is -2.31. The number of benzene rings is 1. The van der Waals surface area contributed by atoms with E-state index in [2.05, 4.69) is 5.32 Å². The topological polar surface area (TPSA) is 107 Å². The van der Waals surface area contributed by atoms with Crippen molar-refractivity contribution in [2.45, 2.75) is 56.3 Å². The van der Waals surface area contributed by atoms with Crippen LogP contribution in [0.1, 0.15) is 51.4 Å². The summed E-state index contributed by atoms with van der Waals surface area (Å²) in [5.41, 5.74) is 0.461. The van der Waals surface area contributed by atoms with E-state index in [4.69, 9.17) is 0 Å². The van der Waals surface area contributed by atoms with Gasteiger partial charge in [0.1, 0.15) is 0 Å². The molecule has 8 heteroatoms.